The maximum absolute atomic E-state index is 10.5. The zero-order valence-corrected chi connectivity index (χ0v) is 20.1. The van der Waals surface area contributed by atoms with Crippen LogP contribution in [0.3, 0.4) is 0 Å². The molecule has 3 rings (SSSR count). The monoisotopic (exact) mass is 489 g/mol. The molecule has 1 aliphatic rings. The Kier molecular flexibility index (Phi) is 18.5. The van der Waals surface area contributed by atoms with Crippen molar-refractivity contribution in [3.8, 4) is 11.1 Å². The Bertz CT molecular complexity index is 825. The molecule has 0 bridgehead atoms. The highest BCUT2D eigenvalue weighted by Gasteiger charge is 2.09. The lowest BCUT2D eigenvalue weighted by molar-refractivity contribution is -0.140. The third-order valence-electron chi connectivity index (χ3n) is 4.98. The van der Waals surface area contributed by atoms with Gasteiger partial charge in [0.15, 0.2) is 0 Å². The fraction of sp³-hybridized carbons (Fsp3) is 0.423. The molecule has 2 aromatic carbocycles. The van der Waals surface area contributed by atoms with Crippen molar-refractivity contribution in [3.05, 3.63) is 60.2 Å². The number of rotatable bonds is 7. The van der Waals surface area contributed by atoms with E-state index < -0.39 is 24.6 Å². The molecule has 0 heterocycles. The predicted molar refractivity (Wildman–Crippen MR) is 137 cm³/mol. The number of hydrogen-bond donors (Lipinski definition) is 6. The zero-order chi connectivity index (χ0) is 26.5. The van der Waals surface area contributed by atoms with Crippen molar-refractivity contribution >= 4 is 18.2 Å². The van der Waals surface area contributed by atoms with Crippen molar-refractivity contribution in [2.24, 2.45) is 17.2 Å². The number of aliphatic hydroxyl groups excluding tert-OH is 1. The van der Waals surface area contributed by atoms with E-state index in [1.54, 1.807) is 0 Å². The van der Waals surface area contributed by atoms with Crippen LogP contribution >= 0.6 is 0 Å². The summed E-state index contributed by atoms with van der Waals surface area (Å²) in [5.74, 6) is -2.14. The second kappa shape index (κ2) is 20.3. The van der Waals surface area contributed by atoms with Crippen LogP contribution in [0.25, 0.3) is 11.1 Å². The molecule has 0 amide bonds. The maximum Gasteiger partial charge on any atom is 0.329 e. The molecule has 0 aliphatic heterocycles. The SMILES string of the molecule is NC1CCCCC1.NCCCC(N)C(=O)O.O=C(O)CO.O=Cc1ccc(-c2ccccc2)cc1. The second-order valence-corrected chi connectivity index (χ2v) is 7.93. The van der Waals surface area contributed by atoms with Gasteiger partial charge in [0.1, 0.15) is 18.9 Å². The third-order valence-corrected chi connectivity index (χ3v) is 4.98. The molecule has 1 unspecified atom stereocenters. The Labute approximate surface area is 206 Å². The number of carboxylic acids is 2. The molecule has 1 aliphatic carbocycles. The zero-order valence-electron chi connectivity index (χ0n) is 20.1. The molecule has 9 heteroatoms. The summed E-state index contributed by atoms with van der Waals surface area (Å²) >= 11 is 0. The summed E-state index contributed by atoms with van der Waals surface area (Å²) in [7, 11) is 0. The standard InChI is InChI=1S/C13H10O.C6H13N.C5H12N2O2.C2H4O3/c14-10-11-6-8-13(9-7-11)12-4-2-1-3-5-12;7-6-4-2-1-3-5-6;6-3-1-2-4(7)5(8)9;3-1-2(4)5/h1-10H;6H,1-5,7H2;4H,1-3,6-7H2,(H,8,9);3H,1H2,(H,4,5). The molecule has 0 radical (unpaired) electrons. The molecule has 9 N–H and O–H groups in total. The van der Waals surface area contributed by atoms with Gasteiger partial charge in [-0.3, -0.25) is 9.59 Å². The van der Waals surface area contributed by atoms with Crippen LogP contribution in [0.2, 0.25) is 0 Å². The topological polar surface area (TPSA) is 190 Å². The normalized spacial score (nSPS) is 13.4. The van der Waals surface area contributed by atoms with Gasteiger partial charge in [-0.05, 0) is 43.4 Å². The van der Waals surface area contributed by atoms with Crippen LogP contribution in [-0.4, -0.2) is 58.8 Å². The first-order chi connectivity index (χ1) is 16.7. The lowest BCUT2D eigenvalue weighted by atomic mass is 9.97. The summed E-state index contributed by atoms with van der Waals surface area (Å²) in [6.45, 7) is -0.277. The van der Waals surface area contributed by atoms with E-state index in [1.165, 1.54) is 37.7 Å². The van der Waals surface area contributed by atoms with E-state index in [0.717, 1.165) is 11.8 Å². The van der Waals surface area contributed by atoms with Crippen LogP contribution in [0.5, 0.6) is 0 Å². The summed E-state index contributed by atoms with van der Waals surface area (Å²) < 4.78 is 0. The summed E-state index contributed by atoms with van der Waals surface area (Å²) in [4.78, 5) is 29.6. The largest absolute Gasteiger partial charge is 0.480 e. The quantitative estimate of drug-likeness (QED) is 0.317. The fourth-order valence-corrected chi connectivity index (χ4v) is 2.98. The van der Waals surface area contributed by atoms with E-state index in [4.69, 9.17) is 37.3 Å². The van der Waals surface area contributed by atoms with Crippen molar-refractivity contribution in [2.75, 3.05) is 13.2 Å². The van der Waals surface area contributed by atoms with E-state index in [0.29, 0.717) is 31.0 Å². The predicted octanol–water partition coefficient (Wildman–Crippen LogP) is 2.64. The number of carbonyl (C=O) groups excluding carboxylic acids is 1. The van der Waals surface area contributed by atoms with Gasteiger partial charge in [-0.1, -0.05) is 73.9 Å². The molecule has 1 atom stereocenters. The molecule has 1 saturated carbocycles. The van der Waals surface area contributed by atoms with Crippen molar-refractivity contribution in [3.63, 3.8) is 0 Å². The molecule has 1 fully saturated rings. The number of carboxylic acid groups (broad SMARTS) is 2. The molecule has 0 spiro atoms. The number of carbonyl (C=O) groups is 3. The van der Waals surface area contributed by atoms with E-state index in [1.807, 2.05) is 42.5 Å². The highest BCUT2D eigenvalue weighted by atomic mass is 16.4. The van der Waals surface area contributed by atoms with Crippen LogP contribution in [0, 0.1) is 0 Å². The minimum Gasteiger partial charge on any atom is -0.480 e. The van der Waals surface area contributed by atoms with Gasteiger partial charge < -0.3 is 32.5 Å². The summed E-state index contributed by atoms with van der Waals surface area (Å²) in [5.41, 5.74) is 18.9. The molecule has 2 aromatic rings. The average molecular weight is 490 g/mol. The van der Waals surface area contributed by atoms with Crippen LogP contribution in [0.15, 0.2) is 54.6 Å². The van der Waals surface area contributed by atoms with Crippen molar-refractivity contribution in [1.82, 2.24) is 0 Å². The minimum absolute atomic E-state index is 0.464. The smallest absolute Gasteiger partial charge is 0.329 e. The number of aldehydes is 1. The van der Waals surface area contributed by atoms with Crippen molar-refractivity contribution in [2.45, 2.75) is 57.0 Å². The van der Waals surface area contributed by atoms with Gasteiger partial charge in [0.25, 0.3) is 0 Å². The molecule has 0 aromatic heterocycles. The minimum atomic E-state index is -1.19. The van der Waals surface area contributed by atoms with Gasteiger partial charge in [0, 0.05) is 11.6 Å². The summed E-state index contributed by atoms with van der Waals surface area (Å²) in [5, 5.41) is 23.3. The van der Waals surface area contributed by atoms with Gasteiger partial charge >= 0.3 is 11.9 Å². The first-order valence-electron chi connectivity index (χ1n) is 11.6. The molecule has 9 nitrogen and oxygen atoms in total. The highest BCUT2D eigenvalue weighted by Crippen LogP contribution is 2.18. The Morgan fingerprint density at radius 1 is 0.943 bits per heavy atom. The van der Waals surface area contributed by atoms with E-state index >= 15 is 0 Å². The Balaban J connectivity index is 0.000000478. The van der Waals surface area contributed by atoms with Crippen molar-refractivity contribution < 1.29 is 29.7 Å². The second-order valence-electron chi connectivity index (χ2n) is 7.93. The average Bonchev–Trinajstić information content (AvgIpc) is 2.89. The number of nitrogens with two attached hydrogens (primary N) is 3. The van der Waals surface area contributed by atoms with Gasteiger partial charge in [-0.15, -0.1) is 0 Å². The Morgan fingerprint density at radius 2 is 1.46 bits per heavy atom. The van der Waals surface area contributed by atoms with E-state index in [2.05, 4.69) is 12.1 Å². The maximum atomic E-state index is 10.5. The Hall–Kier alpha value is -3.11. The van der Waals surface area contributed by atoms with Gasteiger partial charge in [0.2, 0.25) is 0 Å². The van der Waals surface area contributed by atoms with Gasteiger partial charge in [-0.25, -0.2) is 4.79 Å². The number of aliphatic hydroxyl groups is 1. The fourth-order valence-electron chi connectivity index (χ4n) is 2.98. The van der Waals surface area contributed by atoms with Crippen LogP contribution in [0.4, 0.5) is 0 Å². The van der Waals surface area contributed by atoms with Crippen LogP contribution < -0.4 is 17.2 Å². The van der Waals surface area contributed by atoms with Crippen molar-refractivity contribution in [1.29, 1.82) is 0 Å². The number of benzene rings is 2. The first kappa shape index (κ1) is 31.9. The van der Waals surface area contributed by atoms with E-state index in [9.17, 15) is 9.59 Å². The third kappa shape index (κ3) is 17.0. The molecule has 194 valence electrons. The van der Waals surface area contributed by atoms with Gasteiger partial charge in [0.05, 0.1) is 0 Å². The van der Waals surface area contributed by atoms with Gasteiger partial charge in [-0.2, -0.15) is 0 Å². The number of aliphatic carboxylic acids is 2. The highest BCUT2D eigenvalue weighted by molar-refractivity contribution is 5.76. The number of hydrogen-bond acceptors (Lipinski definition) is 7. The lowest BCUT2D eigenvalue weighted by Gasteiger charge is -2.15. The molecule has 0 saturated heterocycles. The first-order valence-corrected chi connectivity index (χ1v) is 11.6. The van der Waals surface area contributed by atoms with Crippen LogP contribution in [-0.2, 0) is 9.59 Å². The molecular formula is C26H39N3O6. The van der Waals surface area contributed by atoms with E-state index in [-0.39, 0.29) is 0 Å². The van der Waals surface area contributed by atoms with Crippen LogP contribution in [0.1, 0.15) is 55.3 Å². The molecule has 35 heavy (non-hydrogen) atoms. The Morgan fingerprint density at radius 3 is 1.83 bits per heavy atom. The summed E-state index contributed by atoms with van der Waals surface area (Å²) in [6.07, 6.45) is 8.66. The molecular weight excluding hydrogens is 450 g/mol. The summed E-state index contributed by atoms with van der Waals surface area (Å²) in [6, 6.07) is 17.5. The lowest BCUT2D eigenvalue weighted by Crippen LogP contribution is -2.30.